The number of ether oxygens (including phenoxy) is 2. The van der Waals surface area contributed by atoms with Crippen LogP contribution < -0.4 is 15.2 Å². The fourth-order valence-electron chi connectivity index (χ4n) is 2.21. The molecule has 0 unspecified atom stereocenters. The molecule has 1 aliphatic carbocycles. The molecule has 0 aliphatic heterocycles. The van der Waals surface area contributed by atoms with Crippen molar-refractivity contribution in [2.45, 2.75) is 38.2 Å². The number of rotatable bonds is 5. The molecule has 0 bridgehead atoms. The zero-order valence-corrected chi connectivity index (χ0v) is 12.7. The molecule has 2 N–H and O–H groups in total. The van der Waals surface area contributed by atoms with E-state index in [1.54, 1.807) is 7.11 Å². The maximum atomic E-state index is 5.95. The Balaban J connectivity index is 2.51. The quantitative estimate of drug-likeness (QED) is 0.907. The van der Waals surface area contributed by atoms with E-state index in [-0.39, 0.29) is 11.5 Å². The third-order valence-electron chi connectivity index (χ3n) is 3.41. The maximum Gasteiger partial charge on any atom is 0.165 e. The molecule has 100 valence electrons. The molecule has 2 rings (SSSR count). The fraction of sp³-hybridized carbons (Fsp3) is 0.571. The second-order valence-electron chi connectivity index (χ2n) is 5.14. The first-order valence-electron chi connectivity index (χ1n) is 6.27. The number of hydrogen-bond acceptors (Lipinski definition) is 3. The molecule has 1 saturated carbocycles. The van der Waals surface area contributed by atoms with Gasteiger partial charge >= 0.3 is 0 Å². The maximum absolute atomic E-state index is 5.95. The van der Waals surface area contributed by atoms with Crippen LogP contribution in [0.1, 0.15) is 32.3 Å². The van der Waals surface area contributed by atoms with Crippen LogP contribution in [-0.4, -0.2) is 19.8 Å². The molecule has 0 saturated heterocycles. The van der Waals surface area contributed by atoms with Crippen LogP contribution in [0.5, 0.6) is 11.5 Å². The Morgan fingerprint density at radius 1 is 1.39 bits per heavy atom. The third kappa shape index (κ3) is 2.50. The molecule has 0 spiro atoms. The standard InChI is InChI=1S/C14H20BrNO2/c1-9(2)18-13-11(14(8-16)4-5-14)6-10(15)7-12(13)17-3/h6-7,9H,4-5,8,16H2,1-3H3. The second-order valence-corrected chi connectivity index (χ2v) is 6.05. The van der Waals surface area contributed by atoms with Gasteiger partial charge in [0, 0.05) is 22.0 Å². The van der Waals surface area contributed by atoms with Crippen LogP contribution in [0.15, 0.2) is 16.6 Å². The molecule has 0 atom stereocenters. The van der Waals surface area contributed by atoms with Crippen LogP contribution in [-0.2, 0) is 5.41 Å². The van der Waals surface area contributed by atoms with Crippen LogP contribution in [0.25, 0.3) is 0 Å². The molecule has 3 nitrogen and oxygen atoms in total. The zero-order chi connectivity index (χ0) is 13.3. The summed E-state index contributed by atoms with van der Waals surface area (Å²) in [4.78, 5) is 0. The van der Waals surface area contributed by atoms with Crippen molar-refractivity contribution in [2.75, 3.05) is 13.7 Å². The van der Waals surface area contributed by atoms with Crippen molar-refractivity contribution in [1.29, 1.82) is 0 Å². The molecule has 1 aliphatic rings. The Kier molecular flexibility index (Phi) is 3.87. The third-order valence-corrected chi connectivity index (χ3v) is 3.87. The summed E-state index contributed by atoms with van der Waals surface area (Å²) in [5.41, 5.74) is 7.19. The van der Waals surface area contributed by atoms with Crippen molar-refractivity contribution < 1.29 is 9.47 Å². The molecule has 0 amide bonds. The van der Waals surface area contributed by atoms with E-state index < -0.39 is 0 Å². The number of hydrogen-bond donors (Lipinski definition) is 1. The smallest absolute Gasteiger partial charge is 0.165 e. The monoisotopic (exact) mass is 313 g/mol. The SMILES string of the molecule is COc1cc(Br)cc(C2(CN)CC2)c1OC(C)C. The van der Waals surface area contributed by atoms with Crippen LogP contribution in [0.3, 0.4) is 0 Å². The summed E-state index contributed by atoms with van der Waals surface area (Å²) in [6.07, 6.45) is 2.36. The molecular weight excluding hydrogens is 294 g/mol. The highest BCUT2D eigenvalue weighted by Gasteiger charge is 2.45. The van der Waals surface area contributed by atoms with Crippen molar-refractivity contribution in [3.63, 3.8) is 0 Å². The highest BCUT2D eigenvalue weighted by Crippen LogP contribution is 2.53. The average Bonchev–Trinajstić information content (AvgIpc) is 3.11. The molecule has 0 heterocycles. The normalized spacial score (nSPS) is 16.8. The lowest BCUT2D eigenvalue weighted by molar-refractivity contribution is 0.226. The number of nitrogens with two attached hydrogens (primary N) is 1. The largest absolute Gasteiger partial charge is 0.493 e. The van der Waals surface area contributed by atoms with Crippen molar-refractivity contribution in [1.82, 2.24) is 0 Å². The van der Waals surface area contributed by atoms with Crippen molar-refractivity contribution >= 4 is 15.9 Å². The summed E-state index contributed by atoms with van der Waals surface area (Å²) in [5.74, 6) is 1.62. The molecular formula is C14H20BrNO2. The second kappa shape index (κ2) is 5.10. The zero-order valence-electron chi connectivity index (χ0n) is 11.1. The Morgan fingerprint density at radius 2 is 2.06 bits per heavy atom. The van der Waals surface area contributed by atoms with E-state index in [0.717, 1.165) is 28.8 Å². The van der Waals surface area contributed by atoms with E-state index in [0.29, 0.717) is 6.54 Å². The molecule has 4 heteroatoms. The lowest BCUT2D eigenvalue weighted by Gasteiger charge is -2.22. The molecule has 1 fully saturated rings. The van der Waals surface area contributed by atoms with E-state index in [1.165, 1.54) is 5.56 Å². The first kappa shape index (κ1) is 13.7. The van der Waals surface area contributed by atoms with Gasteiger partial charge in [-0.2, -0.15) is 0 Å². The number of benzene rings is 1. The predicted octanol–water partition coefficient (Wildman–Crippen LogP) is 3.24. The van der Waals surface area contributed by atoms with Gasteiger partial charge in [0.25, 0.3) is 0 Å². The molecule has 1 aromatic carbocycles. The number of halogens is 1. The summed E-state index contributed by atoms with van der Waals surface area (Å²) in [7, 11) is 1.67. The number of methoxy groups -OCH3 is 1. The molecule has 0 radical (unpaired) electrons. The highest BCUT2D eigenvalue weighted by molar-refractivity contribution is 9.10. The van der Waals surface area contributed by atoms with Crippen LogP contribution in [0.2, 0.25) is 0 Å². The Hall–Kier alpha value is -0.740. The van der Waals surface area contributed by atoms with E-state index in [2.05, 4.69) is 22.0 Å². The first-order chi connectivity index (χ1) is 8.52. The highest BCUT2D eigenvalue weighted by atomic mass is 79.9. The van der Waals surface area contributed by atoms with Gasteiger partial charge in [-0.25, -0.2) is 0 Å². The van der Waals surface area contributed by atoms with Gasteiger partial charge in [0.1, 0.15) is 0 Å². The molecule has 1 aromatic rings. The van der Waals surface area contributed by atoms with Gasteiger partial charge < -0.3 is 15.2 Å². The molecule has 18 heavy (non-hydrogen) atoms. The lowest BCUT2D eigenvalue weighted by Crippen LogP contribution is -2.22. The van der Waals surface area contributed by atoms with E-state index in [1.807, 2.05) is 19.9 Å². The predicted molar refractivity (Wildman–Crippen MR) is 76.4 cm³/mol. The summed E-state index contributed by atoms with van der Waals surface area (Å²) in [6.45, 7) is 4.70. The van der Waals surface area contributed by atoms with Gasteiger partial charge in [-0.3, -0.25) is 0 Å². The lowest BCUT2D eigenvalue weighted by atomic mass is 9.94. The van der Waals surface area contributed by atoms with Gasteiger partial charge in [-0.1, -0.05) is 15.9 Å². The van der Waals surface area contributed by atoms with Crippen molar-refractivity contribution in [3.8, 4) is 11.5 Å². The topological polar surface area (TPSA) is 44.5 Å². The fourth-order valence-corrected chi connectivity index (χ4v) is 2.64. The minimum Gasteiger partial charge on any atom is -0.493 e. The minimum absolute atomic E-state index is 0.0846. The Bertz CT molecular complexity index is 442. The van der Waals surface area contributed by atoms with Crippen LogP contribution in [0.4, 0.5) is 0 Å². The van der Waals surface area contributed by atoms with Gasteiger partial charge in [-0.15, -0.1) is 0 Å². The first-order valence-corrected chi connectivity index (χ1v) is 7.06. The van der Waals surface area contributed by atoms with Gasteiger partial charge in [0.15, 0.2) is 11.5 Å². The summed E-state index contributed by atoms with van der Waals surface area (Å²) in [6, 6.07) is 4.05. The van der Waals surface area contributed by atoms with Crippen LogP contribution in [0, 0.1) is 0 Å². The molecule has 0 aromatic heterocycles. The van der Waals surface area contributed by atoms with Gasteiger partial charge in [0.05, 0.1) is 13.2 Å². The Morgan fingerprint density at radius 3 is 2.50 bits per heavy atom. The summed E-state index contributed by atoms with van der Waals surface area (Å²) in [5, 5.41) is 0. The van der Waals surface area contributed by atoms with Crippen molar-refractivity contribution in [3.05, 3.63) is 22.2 Å². The van der Waals surface area contributed by atoms with E-state index in [4.69, 9.17) is 15.2 Å². The van der Waals surface area contributed by atoms with Crippen LogP contribution >= 0.6 is 15.9 Å². The van der Waals surface area contributed by atoms with Crippen molar-refractivity contribution in [2.24, 2.45) is 5.73 Å². The van der Waals surface area contributed by atoms with Gasteiger partial charge in [-0.05, 0) is 38.8 Å². The summed E-state index contributed by atoms with van der Waals surface area (Å²) >= 11 is 3.53. The summed E-state index contributed by atoms with van der Waals surface area (Å²) < 4.78 is 12.4. The van der Waals surface area contributed by atoms with Gasteiger partial charge in [0.2, 0.25) is 0 Å². The average molecular weight is 314 g/mol. The van der Waals surface area contributed by atoms with E-state index in [9.17, 15) is 0 Å². The minimum atomic E-state index is 0.0846. The Labute approximate surface area is 117 Å². The van der Waals surface area contributed by atoms with E-state index >= 15 is 0 Å².